The van der Waals surface area contributed by atoms with Crippen LogP contribution in [0.4, 0.5) is 0 Å². The number of carbonyl (C=O) groups excluding carboxylic acids is 1. The van der Waals surface area contributed by atoms with Gasteiger partial charge in [0.05, 0.1) is 5.57 Å². The molecule has 0 aliphatic rings. The normalized spacial score (nSPS) is 11.5. The Hall–Kier alpha value is -2.79. The van der Waals surface area contributed by atoms with E-state index in [1.807, 2.05) is 42.5 Å². The molecule has 0 saturated carbocycles. The van der Waals surface area contributed by atoms with Crippen LogP contribution >= 0.6 is 34.8 Å². The van der Waals surface area contributed by atoms with Crippen LogP contribution in [0.1, 0.15) is 11.1 Å². The lowest BCUT2D eigenvalue weighted by molar-refractivity contribution is -0.141. The van der Waals surface area contributed by atoms with Crippen molar-refractivity contribution in [2.75, 3.05) is 0 Å². The van der Waals surface area contributed by atoms with Crippen molar-refractivity contribution < 1.29 is 14.7 Å². The Morgan fingerprint density at radius 1 is 0.871 bits per heavy atom. The van der Waals surface area contributed by atoms with E-state index in [-0.39, 0.29) is 16.5 Å². The van der Waals surface area contributed by atoms with Crippen LogP contribution in [-0.4, -0.2) is 23.0 Å². The quantitative estimate of drug-likeness (QED) is 0.415. The van der Waals surface area contributed by atoms with Gasteiger partial charge in [0.2, 0.25) is 0 Å². The zero-order chi connectivity index (χ0) is 22.4. The summed E-state index contributed by atoms with van der Waals surface area (Å²) >= 11 is 18.1. The molecule has 0 radical (unpaired) electrons. The highest BCUT2D eigenvalue weighted by Crippen LogP contribution is 2.28. The van der Waals surface area contributed by atoms with Crippen molar-refractivity contribution in [2.24, 2.45) is 0 Å². The molecule has 31 heavy (non-hydrogen) atoms. The number of halogens is 3. The second kappa shape index (κ2) is 10.5. The van der Waals surface area contributed by atoms with Gasteiger partial charge in [-0.3, -0.25) is 4.79 Å². The number of rotatable bonds is 7. The van der Waals surface area contributed by atoms with E-state index in [2.05, 4.69) is 5.32 Å². The molecule has 1 atom stereocenters. The smallest absolute Gasteiger partial charge is 0.326 e. The molecule has 0 aliphatic carbocycles. The first kappa shape index (κ1) is 22.9. The van der Waals surface area contributed by atoms with Gasteiger partial charge in [-0.15, -0.1) is 0 Å². The second-order valence-electron chi connectivity index (χ2n) is 6.75. The third-order valence-electron chi connectivity index (χ3n) is 4.66. The summed E-state index contributed by atoms with van der Waals surface area (Å²) in [5.41, 5.74) is 3.05. The summed E-state index contributed by atoms with van der Waals surface area (Å²) in [6.45, 7) is 0. The van der Waals surface area contributed by atoms with Crippen molar-refractivity contribution in [3.8, 4) is 11.1 Å². The Bertz CT molecular complexity index is 1110. The predicted molar refractivity (Wildman–Crippen MR) is 125 cm³/mol. The molecule has 0 unspecified atom stereocenters. The second-order valence-corrected chi connectivity index (χ2v) is 8.10. The summed E-state index contributed by atoms with van der Waals surface area (Å²) in [6.07, 6.45) is 0.0891. The maximum atomic E-state index is 12.8. The first-order valence-corrected chi connectivity index (χ1v) is 10.5. The number of benzene rings is 3. The van der Waals surface area contributed by atoms with Gasteiger partial charge in [0.25, 0.3) is 5.91 Å². The standard InChI is InChI=1S/C24H18Cl3NO3/c25-19-9-5-4-8-18(19)16-12-10-15(11-13-16)14-20(24(30)31)28-23(29)21(22(26)27)17-6-2-1-3-7-17/h1-13,20H,14H2,(H,28,29)(H,30,31)/t20-/m0/s1. The largest absolute Gasteiger partial charge is 0.480 e. The topological polar surface area (TPSA) is 66.4 Å². The number of hydrogen-bond donors (Lipinski definition) is 2. The van der Waals surface area contributed by atoms with Gasteiger partial charge >= 0.3 is 5.97 Å². The van der Waals surface area contributed by atoms with Crippen LogP contribution in [0, 0.1) is 0 Å². The molecule has 0 heterocycles. The molecule has 0 saturated heterocycles. The van der Waals surface area contributed by atoms with E-state index in [9.17, 15) is 14.7 Å². The number of carboxylic acid groups (broad SMARTS) is 1. The summed E-state index contributed by atoms with van der Waals surface area (Å²) in [5, 5.41) is 12.8. The molecule has 2 N–H and O–H groups in total. The molecule has 3 aromatic rings. The first-order valence-electron chi connectivity index (χ1n) is 9.35. The van der Waals surface area contributed by atoms with E-state index in [1.54, 1.807) is 36.4 Å². The number of carbonyl (C=O) groups is 2. The number of hydrogen-bond acceptors (Lipinski definition) is 2. The summed E-state index contributed by atoms with van der Waals surface area (Å²) in [5.74, 6) is -1.83. The fourth-order valence-corrected chi connectivity index (χ4v) is 3.75. The minimum absolute atomic E-state index is 0.0178. The molecule has 0 aromatic heterocycles. The van der Waals surface area contributed by atoms with E-state index < -0.39 is 17.9 Å². The predicted octanol–water partition coefficient (Wildman–Crippen LogP) is 5.97. The minimum atomic E-state index is -1.17. The number of amides is 1. The Morgan fingerprint density at radius 3 is 2.06 bits per heavy atom. The Balaban J connectivity index is 1.77. The van der Waals surface area contributed by atoms with Crippen LogP contribution in [0.5, 0.6) is 0 Å². The third kappa shape index (κ3) is 5.88. The van der Waals surface area contributed by atoms with Crippen molar-refractivity contribution in [3.05, 3.63) is 99.5 Å². The van der Waals surface area contributed by atoms with Gasteiger partial charge in [-0.1, -0.05) is 108 Å². The summed E-state index contributed by atoms with van der Waals surface area (Å²) in [6, 6.07) is 22.2. The highest BCUT2D eigenvalue weighted by molar-refractivity contribution is 6.61. The molecule has 3 aromatic carbocycles. The maximum Gasteiger partial charge on any atom is 0.326 e. The lowest BCUT2D eigenvalue weighted by Crippen LogP contribution is -2.42. The van der Waals surface area contributed by atoms with E-state index in [4.69, 9.17) is 34.8 Å². The van der Waals surface area contributed by atoms with Crippen molar-refractivity contribution >= 4 is 52.3 Å². The molecule has 1 amide bonds. The van der Waals surface area contributed by atoms with Gasteiger partial charge in [-0.25, -0.2) is 4.79 Å². The van der Waals surface area contributed by atoms with Gasteiger partial charge in [0, 0.05) is 17.0 Å². The van der Waals surface area contributed by atoms with Crippen LogP contribution in [0.25, 0.3) is 16.7 Å². The van der Waals surface area contributed by atoms with Gasteiger partial charge in [0.1, 0.15) is 10.5 Å². The van der Waals surface area contributed by atoms with E-state index in [0.29, 0.717) is 10.6 Å². The Morgan fingerprint density at radius 2 is 1.48 bits per heavy atom. The average molecular weight is 475 g/mol. The first-order chi connectivity index (χ1) is 14.9. The average Bonchev–Trinajstić information content (AvgIpc) is 2.75. The highest BCUT2D eigenvalue weighted by Gasteiger charge is 2.24. The van der Waals surface area contributed by atoms with Gasteiger partial charge < -0.3 is 10.4 Å². The molecule has 0 fully saturated rings. The molecular weight excluding hydrogens is 457 g/mol. The third-order valence-corrected chi connectivity index (χ3v) is 5.37. The summed E-state index contributed by atoms with van der Waals surface area (Å²) < 4.78 is -0.239. The van der Waals surface area contributed by atoms with Crippen LogP contribution < -0.4 is 5.32 Å². The van der Waals surface area contributed by atoms with Crippen LogP contribution in [0.2, 0.25) is 5.02 Å². The molecule has 0 aliphatic heterocycles. The Labute approximate surface area is 195 Å². The SMILES string of the molecule is O=C(N[C@@H](Cc1ccc(-c2ccccc2Cl)cc1)C(=O)O)C(=C(Cl)Cl)c1ccccc1. The zero-order valence-electron chi connectivity index (χ0n) is 16.2. The molecule has 3 rings (SSSR count). The Kier molecular flexibility index (Phi) is 7.75. The summed E-state index contributed by atoms with van der Waals surface area (Å²) in [4.78, 5) is 24.5. The van der Waals surface area contributed by atoms with Crippen LogP contribution in [0.15, 0.2) is 83.4 Å². The molecule has 7 heteroatoms. The highest BCUT2D eigenvalue weighted by atomic mass is 35.5. The van der Waals surface area contributed by atoms with E-state index >= 15 is 0 Å². The van der Waals surface area contributed by atoms with Crippen LogP contribution in [-0.2, 0) is 16.0 Å². The monoisotopic (exact) mass is 473 g/mol. The van der Waals surface area contributed by atoms with Gasteiger partial charge in [-0.2, -0.15) is 0 Å². The number of carboxylic acids is 1. The van der Waals surface area contributed by atoms with Crippen molar-refractivity contribution in [3.63, 3.8) is 0 Å². The lowest BCUT2D eigenvalue weighted by atomic mass is 10.00. The van der Waals surface area contributed by atoms with Gasteiger partial charge in [-0.05, 0) is 22.8 Å². The zero-order valence-corrected chi connectivity index (χ0v) is 18.5. The molecule has 0 spiro atoms. The fraction of sp³-hybridized carbons (Fsp3) is 0.0833. The number of aliphatic carboxylic acids is 1. The molecular formula is C24H18Cl3NO3. The molecule has 158 valence electrons. The number of nitrogens with one attached hydrogen (secondary N) is 1. The van der Waals surface area contributed by atoms with E-state index in [0.717, 1.165) is 16.7 Å². The van der Waals surface area contributed by atoms with Gasteiger partial charge in [0.15, 0.2) is 0 Å². The van der Waals surface area contributed by atoms with E-state index in [1.165, 1.54) is 0 Å². The molecule has 0 bridgehead atoms. The fourth-order valence-electron chi connectivity index (χ4n) is 3.11. The molecule has 4 nitrogen and oxygen atoms in total. The summed E-state index contributed by atoms with van der Waals surface area (Å²) in [7, 11) is 0. The van der Waals surface area contributed by atoms with Crippen molar-refractivity contribution in [2.45, 2.75) is 12.5 Å². The maximum absolute atomic E-state index is 12.8. The van der Waals surface area contributed by atoms with Crippen molar-refractivity contribution in [1.82, 2.24) is 5.32 Å². The van der Waals surface area contributed by atoms with Crippen LogP contribution in [0.3, 0.4) is 0 Å². The lowest BCUT2D eigenvalue weighted by Gasteiger charge is -2.17. The van der Waals surface area contributed by atoms with Crippen molar-refractivity contribution in [1.29, 1.82) is 0 Å². The minimum Gasteiger partial charge on any atom is -0.480 e.